The van der Waals surface area contributed by atoms with Gasteiger partial charge in [0, 0.05) is 37.8 Å². The van der Waals surface area contributed by atoms with Crippen molar-refractivity contribution in [3.05, 3.63) is 23.8 Å². The summed E-state index contributed by atoms with van der Waals surface area (Å²) in [5.74, 6) is -3.98. The van der Waals surface area contributed by atoms with Gasteiger partial charge in [0.15, 0.2) is 0 Å². The molecule has 4 N–H and O–H groups in total. The summed E-state index contributed by atoms with van der Waals surface area (Å²) in [6.45, 7) is 0.608. The second-order valence-corrected chi connectivity index (χ2v) is 4.85. The minimum absolute atomic E-state index is 0.00347. The van der Waals surface area contributed by atoms with Crippen LogP contribution in [0.4, 0.5) is 8.78 Å². The van der Waals surface area contributed by atoms with E-state index in [2.05, 4.69) is 5.32 Å². The van der Waals surface area contributed by atoms with Crippen LogP contribution in [0, 0.1) is 0 Å². The Balaban J connectivity index is 2.39. The summed E-state index contributed by atoms with van der Waals surface area (Å²) in [5, 5.41) is 31.1. The van der Waals surface area contributed by atoms with Crippen LogP contribution in [0.2, 0.25) is 0 Å². The third-order valence-electron chi connectivity index (χ3n) is 3.44. The molecule has 0 saturated carbocycles. The molecule has 1 heterocycles. The van der Waals surface area contributed by atoms with Crippen molar-refractivity contribution < 1.29 is 24.1 Å². The number of phenolic OH excluding ortho intramolecular Hbond substituents is 2. The number of halogens is 2. The summed E-state index contributed by atoms with van der Waals surface area (Å²) < 4.78 is 28.2. The Labute approximate surface area is 115 Å². The van der Waals surface area contributed by atoms with Gasteiger partial charge < -0.3 is 20.6 Å². The summed E-state index contributed by atoms with van der Waals surface area (Å²) in [6, 6.07) is 2.12. The fourth-order valence-electron chi connectivity index (χ4n) is 2.48. The summed E-state index contributed by atoms with van der Waals surface area (Å²) in [6.07, 6.45) is 0. The lowest BCUT2D eigenvalue weighted by Crippen LogP contribution is -2.51. The molecule has 0 bridgehead atoms. The highest BCUT2D eigenvalue weighted by atomic mass is 19.3. The normalized spacial score (nSPS) is 18.9. The van der Waals surface area contributed by atoms with Crippen molar-refractivity contribution in [2.75, 3.05) is 32.8 Å². The number of piperazine rings is 1. The summed E-state index contributed by atoms with van der Waals surface area (Å²) in [7, 11) is 0. The molecule has 0 amide bonds. The number of aliphatic hydroxyl groups excluding tert-OH is 1. The van der Waals surface area contributed by atoms with Crippen LogP contribution >= 0.6 is 0 Å². The second-order valence-electron chi connectivity index (χ2n) is 4.85. The average Bonchev–Trinajstić information content (AvgIpc) is 2.43. The molecule has 0 spiro atoms. The van der Waals surface area contributed by atoms with Crippen molar-refractivity contribution >= 4 is 0 Å². The first kappa shape index (κ1) is 15.0. The molecule has 1 saturated heterocycles. The van der Waals surface area contributed by atoms with E-state index < -0.39 is 24.3 Å². The van der Waals surface area contributed by atoms with Crippen LogP contribution in [0.15, 0.2) is 18.2 Å². The molecule has 1 aromatic rings. The van der Waals surface area contributed by atoms with Crippen LogP contribution in [0.1, 0.15) is 11.6 Å². The molecule has 20 heavy (non-hydrogen) atoms. The van der Waals surface area contributed by atoms with Gasteiger partial charge in [-0.2, -0.15) is 0 Å². The Hall–Kier alpha value is -1.44. The zero-order chi connectivity index (χ0) is 14.8. The lowest BCUT2D eigenvalue weighted by atomic mass is 9.97. The van der Waals surface area contributed by atoms with Gasteiger partial charge in [0.1, 0.15) is 24.1 Å². The highest BCUT2D eigenvalue weighted by Gasteiger charge is 2.45. The SMILES string of the molecule is OCC(F)(F)[C@H](c1ccc(O)cc1O)N1CCNCC1. The molecule has 1 fully saturated rings. The Kier molecular flexibility index (Phi) is 4.42. The van der Waals surface area contributed by atoms with E-state index in [1.807, 2.05) is 0 Å². The van der Waals surface area contributed by atoms with Crippen LogP contribution in [0.5, 0.6) is 11.5 Å². The third-order valence-corrected chi connectivity index (χ3v) is 3.44. The van der Waals surface area contributed by atoms with E-state index in [0.717, 1.165) is 6.07 Å². The number of hydrogen-bond acceptors (Lipinski definition) is 5. The fourth-order valence-corrected chi connectivity index (χ4v) is 2.48. The fraction of sp³-hybridized carbons (Fsp3) is 0.538. The zero-order valence-corrected chi connectivity index (χ0v) is 10.9. The summed E-state index contributed by atoms with van der Waals surface area (Å²) in [5.41, 5.74) is 0.00347. The maximum Gasteiger partial charge on any atom is 0.290 e. The van der Waals surface area contributed by atoms with E-state index in [1.165, 1.54) is 17.0 Å². The first-order valence-electron chi connectivity index (χ1n) is 6.41. The van der Waals surface area contributed by atoms with Crippen molar-refractivity contribution in [2.45, 2.75) is 12.0 Å². The molecule has 2 rings (SSSR count). The van der Waals surface area contributed by atoms with Gasteiger partial charge in [-0.05, 0) is 12.1 Å². The first-order chi connectivity index (χ1) is 9.45. The third kappa shape index (κ3) is 3.00. The number of nitrogens with one attached hydrogen (secondary N) is 1. The highest BCUT2D eigenvalue weighted by Crippen LogP contribution is 2.41. The standard InChI is InChI=1S/C13H18F2N2O3/c14-13(15,8-18)12(17-5-3-16-4-6-17)10-2-1-9(19)7-11(10)20/h1-2,7,12,16,18-20H,3-6,8H2/t12-/m0/s1. The smallest absolute Gasteiger partial charge is 0.290 e. The molecule has 0 aromatic heterocycles. The van der Waals surface area contributed by atoms with Crippen molar-refractivity contribution in [1.29, 1.82) is 0 Å². The minimum atomic E-state index is -3.38. The highest BCUT2D eigenvalue weighted by molar-refractivity contribution is 5.41. The van der Waals surface area contributed by atoms with Crippen LogP contribution in [-0.2, 0) is 0 Å². The quantitative estimate of drug-likeness (QED) is 0.655. The van der Waals surface area contributed by atoms with Crippen LogP contribution in [0.3, 0.4) is 0 Å². The first-order valence-corrected chi connectivity index (χ1v) is 6.41. The van der Waals surface area contributed by atoms with Crippen molar-refractivity contribution in [1.82, 2.24) is 10.2 Å². The molecule has 1 atom stereocenters. The van der Waals surface area contributed by atoms with Gasteiger partial charge >= 0.3 is 0 Å². The number of aromatic hydroxyl groups is 2. The molecule has 112 valence electrons. The lowest BCUT2D eigenvalue weighted by molar-refractivity contribution is -0.119. The lowest BCUT2D eigenvalue weighted by Gasteiger charge is -2.38. The minimum Gasteiger partial charge on any atom is -0.508 e. The van der Waals surface area contributed by atoms with Gasteiger partial charge in [0.05, 0.1) is 0 Å². The van der Waals surface area contributed by atoms with Crippen molar-refractivity contribution in [3.63, 3.8) is 0 Å². The number of aliphatic hydroxyl groups is 1. The molecular formula is C13H18F2N2O3. The molecule has 1 aromatic carbocycles. The molecule has 5 nitrogen and oxygen atoms in total. The summed E-state index contributed by atoms with van der Waals surface area (Å²) in [4.78, 5) is 1.53. The van der Waals surface area contributed by atoms with Crippen LogP contribution in [-0.4, -0.2) is 58.9 Å². The molecule has 0 aliphatic carbocycles. The number of benzene rings is 1. The Morgan fingerprint density at radius 2 is 1.90 bits per heavy atom. The average molecular weight is 288 g/mol. The van der Waals surface area contributed by atoms with Gasteiger partial charge in [-0.1, -0.05) is 0 Å². The van der Waals surface area contributed by atoms with Gasteiger partial charge in [-0.15, -0.1) is 0 Å². The van der Waals surface area contributed by atoms with Gasteiger partial charge in [-0.25, -0.2) is 8.78 Å². The predicted molar refractivity (Wildman–Crippen MR) is 69.0 cm³/mol. The Morgan fingerprint density at radius 1 is 1.25 bits per heavy atom. The maximum atomic E-state index is 14.1. The van der Waals surface area contributed by atoms with E-state index in [0.29, 0.717) is 26.2 Å². The monoisotopic (exact) mass is 288 g/mol. The van der Waals surface area contributed by atoms with Crippen LogP contribution < -0.4 is 5.32 Å². The van der Waals surface area contributed by atoms with E-state index >= 15 is 0 Å². The number of alkyl halides is 2. The number of phenols is 2. The molecule has 1 aliphatic heterocycles. The molecule has 7 heteroatoms. The van der Waals surface area contributed by atoms with Crippen LogP contribution in [0.25, 0.3) is 0 Å². The second kappa shape index (κ2) is 5.90. The van der Waals surface area contributed by atoms with E-state index in [4.69, 9.17) is 5.11 Å². The largest absolute Gasteiger partial charge is 0.508 e. The van der Waals surface area contributed by atoms with Gasteiger partial charge in [0.25, 0.3) is 5.92 Å². The van der Waals surface area contributed by atoms with E-state index in [9.17, 15) is 19.0 Å². The molecule has 1 aliphatic rings. The number of rotatable bonds is 4. The van der Waals surface area contributed by atoms with Crippen molar-refractivity contribution in [3.8, 4) is 11.5 Å². The van der Waals surface area contributed by atoms with Crippen molar-refractivity contribution in [2.24, 2.45) is 0 Å². The van der Waals surface area contributed by atoms with E-state index in [1.54, 1.807) is 0 Å². The molecule has 0 unspecified atom stereocenters. The topological polar surface area (TPSA) is 76.0 Å². The number of nitrogens with zero attached hydrogens (tertiary/aromatic N) is 1. The predicted octanol–water partition coefficient (Wildman–Crippen LogP) is 0.672. The molecule has 0 radical (unpaired) electrons. The molecular weight excluding hydrogens is 270 g/mol. The Morgan fingerprint density at radius 3 is 2.45 bits per heavy atom. The summed E-state index contributed by atoms with van der Waals surface area (Å²) >= 11 is 0. The number of hydrogen-bond donors (Lipinski definition) is 4. The van der Waals surface area contributed by atoms with Gasteiger partial charge in [0.2, 0.25) is 0 Å². The Bertz CT molecular complexity index is 465. The van der Waals surface area contributed by atoms with E-state index in [-0.39, 0.29) is 11.3 Å². The maximum absolute atomic E-state index is 14.1. The van der Waals surface area contributed by atoms with Gasteiger partial charge in [-0.3, -0.25) is 4.90 Å². The zero-order valence-electron chi connectivity index (χ0n) is 10.9.